The summed E-state index contributed by atoms with van der Waals surface area (Å²) in [7, 11) is 0. The number of carbonyl (C=O) groups is 2. The maximum Gasteiger partial charge on any atom is 0.237 e. The lowest BCUT2D eigenvalue weighted by molar-refractivity contribution is -0.148. The van der Waals surface area contributed by atoms with Gasteiger partial charge in [-0.25, -0.2) is 0 Å². The predicted molar refractivity (Wildman–Crippen MR) is 91.9 cm³/mol. The molecule has 0 saturated carbocycles. The molecule has 2 rings (SSSR count). The van der Waals surface area contributed by atoms with Crippen molar-refractivity contribution in [1.82, 2.24) is 10.2 Å². The smallest absolute Gasteiger partial charge is 0.237 e. The summed E-state index contributed by atoms with van der Waals surface area (Å²) in [5.41, 5.74) is 1.20. The van der Waals surface area contributed by atoms with Crippen LogP contribution >= 0.6 is 0 Å². The van der Waals surface area contributed by atoms with E-state index in [9.17, 15) is 9.59 Å². The zero-order valence-electron chi connectivity index (χ0n) is 14.5. The van der Waals surface area contributed by atoms with Gasteiger partial charge in [-0.3, -0.25) is 9.59 Å². The van der Waals surface area contributed by atoms with Gasteiger partial charge >= 0.3 is 0 Å². The number of aryl methyl sites for hydroxylation is 1. The van der Waals surface area contributed by atoms with Crippen molar-refractivity contribution in [2.75, 3.05) is 13.1 Å². The molecule has 0 aliphatic carbocycles. The Morgan fingerprint density at radius 1 is 1.13 bits per heavy atom. The minimum Gasteiger partial charge on any atom is -0.351 e. The minimum atomic E-state index is -1.02. The van der Waals surface area contributed by atoms with Crippen LogP contribution in [0, 0.1) is 12.3 Å². The molecule has 1 aliphatic rings. The average molecular weight is 316 g/mol. The second kappa shape index (κ2) is 7.62. The first-order valence-electron chi connectivity index (χ1n) is 8.54. The first-order valence-corrected chi connectivity index (χ1v) is 8.54. The second-order valence-corrected chi connectivity index (χ2v) is 7.00. The molecule has 1 heterocycles. The van der Waals surface area contributed by atoms with Crippen molar-refractivity contribution in [2.24, 2.45) is 5.41 Å². The third kappa shape index (κ3) is 4.57. The van der Waals surface area contributed by atoms with E-state index < -0.39 is 5.41 Å². The van der Waals surface area contributed by atoms with E-state index in [1.54, 1.807) is 13.8 Å². The fourth-order valence-electron chi connectivity index (χ4n) is 2.99. The third-order valence-electron chi connectivity index (χ3n) is 4.53. The molecular weight excluding hydrogens is 288 g/mol. The lowest BCUT2D eigenvalue weighted by Crippen LogP contribution is -2.49. The summed E-state index contributed by atoms with van der Waals surface area (Å²) in [5.74, 6) is -0.255. The van der Waals surface area contributed by atoms with Gasteiger partial charge in [0.25, 0.3) is 0 Å². The first kappa shape index (κ1) is 17.5. The normalized spacial score (nSPS) is 15.9. The van der Waals surface area contributed by atoms with Gasteiger partial charge in [-0.05, 0) is 39.2 Å². The van der Waals surface area contributed by atoms with Gasteiger partial charge in [-0.1, -0.05) is 42.7 Å². The summed E-state index contributed by atoms with van der Waals surface area (Å²) in [6, 6.07) is 8.03. The Balaban J connectivity index is 1.96. The Hall–Kier alpha value is -1.84. The summed E-state index contributed by atoms with van der Waals surface area (Å²) >= 11 is 0. The maximum atomic E-state index is 12.7. The van der Waals surface area contributed by atoms with Crippen LogP contribution in [0.3, 0.4) is 0 Å². The largest absolute Gasteiger partial charge is 0.351 e. The Labute approximate surface area is 139 Å². The van der Waals surface area contributed by atoms with Crippen molar-refractivity contribution in [1.29, 1.82) is 0 Å². The van der Waals surface area contributed by atoms with Crippen molar-refractivity contribution in [3.8, 4) is 0 Å². The van der Waals surface area contributed by atoms with E-state index in [-0.39, 0.29) is 11.8 Å². The van der Waals surface area contributed by atoms with Gasteiger partial charge in [0.05, 0.1) is 0 Å². The summed E-state index contributed by atoms with van der Waals surface area (Å²) in [5, 5.41) is 2.92. The van der Waals surface area contributed by atoms with Gasteiger partial charge in [-0.15, -0.1) is 0 Å². The van der Waals surface area contributed by atoms with E-state index in [4.69, 9.17) is 0 Å². The van der Waals surface area contributed by atoms with Crippen LogP contribution in [0.1, 0.15) is 50.7 Å². The highest BCUT2D eigenvalue weighted by molar-refractivity contribution is 6.04. The first-order chi connectivity index (χ1) is 10.9. The Morgan fingerprint density at radius 2 is 1.78 bits per heavy atom. The van der Waals surface area contributed by atoms with E-state index in [2.05, 4.69) is 5.32 Å². The third-order valence-corrected chi connectivity index (χ3v) is 4.53. The number of likely N-dealkylation sites (tertiary alicyclic amines) is 1. The van der Waals surface area contributed by atoms with Crippen LogP contribution in [0.2, 0.25) is 0 Å². The Bertz CT molecular complexity index is 558. The molecule has 0 unspecified atom stereocenters. The molecule has 0 aromatic heterocycles. The molecule has 1 aliphatic heterocycles. The van der Waals surface area contributed by atoms with Gasteiger partial charge in [0.1, 0.15) is 5.41 Å². The number of rotatable bonds is 4. The number of hydrogen-bond acceptors (Lipinski definition) is 2. The van der Waals surface area contributed by atoms with Crippen LogP contribution < -0.4 is 5.32 Å². The molecule has 4 heteroatoms. The lowest BCUT2D eigenvalue weighted by Gasteiger charge is -2.30. The molecule has 0 spiro atoms. The summed E-state index contributed by atoms with van der Waals surface area (Å²) < 4.78 is 0. The number of nitrogens with zero attached hydrogens (tertiary/aromatic N) is 1. The quantitative estimate of drug-likeness (QED) is 0.868. The summed E-state index contributed by atoms with van der Waals surface area (Å²) in [6.07, 6.45) is 4.41. The van der Waals surface area contributed by atoms with Crippen molar-refractivity contribution in [3.05, 3.63) is 35.4 Å². The van der Waals surface area contributed by atoms with Crippen LogP contribution in [0.25, 0.3) is 0 Å². The topological polar surface area (TPSA) is 49.4 Å². The number of carbonyl (C=O) groups excluding carboxylic acids is 2. The van der Waals surface area contributed by atoms with Crippen molar-refractivity contribution < 1.29 is 9.59 Å². The van der Waals surface area contributed by atoms with Gasteiger partial charge in [0.2, 0.25) is 11.8 Å². The number of nitrogens with one attached hydrogen (secondary N) is 1. The fourth-order valence-corrected chi connectivity index (χ4v) is 2.99. The number of hydrogen-bond donors (Lipinski definition) is 1. The van der Waals surface area contributed by atoms with Crippen LogP contribution in [0.5, 0.6) is 0 Å². The highest BCUT2D eigenvalue weighted by Gasteiger charge is 2.39. The predicted octanol–water partition coefficient (Wildman–Crippen LogP) is 3.04. The van der Waals surface area contributed by atoms with Crippen LogP contribution in [-0.2, 0) is 16.1 Å². The zero-order valence-corrected chi connectivity index (χ0v) is 14.5. The van der Waals surface area contributed by atoms with Crippen molar-refractivity contribution in [2.45, 2.75) is 53.0 Å². The van der Waals surface area contributed by atoms with E-state index in [1.165, 1.54) is 12.8 Å². The molecule has 1 saturated heterocycles. The fraction of sp³-hybridized carbons (Fsp3) is 0.579. The highest BCUT2D eigenvalue weighted by Crippen LogP contribution is 2.22. The maximum absolute atomic E-state index is 12.7. The molecule has 126 valence electrons. The number of amides is 2. The van der Waals surface area contributed by atoms with Gasteiger partial charge < -0.3 is 10.2 Å². The molecule has 1 fully saturated rings. The molecule has 1 aromatic carbocycles. The second-order valence-electron chi connectivity index (χ2n) is 7.00. The van der Waals surface area contributed by atoms with E-state index in [1.807, 2.05) is 36.1 Å². The molecule has 2 amide bonds. The van der Waals surface area contributed by atoms with Crippen LogP contribution in [-0.4, -0.2) is 29.8 Å². The molecule has 1 N–H and O–H groups in total. The molecule has 1 aromatic rings. The molecule has 23 heavy (non-hydrogen) atoms. The van der Waals surface area contributed by atoms with Crippen LogP contribution in [0.15, 0.2) is 24.3 Å². The molecule has 0 radical (unpaired) electrons. The standard InChI is InChI=1S/C19H28N2O2/c1-15-9-8-10-16(13-15)14-20-17(22)19(2,3)18(23)21-11-6-4-5-7-12-21/h8-10,13H,4-7,11-12,14H2,1-3H3,(H,20,22). The van der Waals surface area contributed by atoms with Gasteiger partial charge in [0, 0.05) is 19.6 Å². The van der Waals surface area contributed by atoms with E-state index in [0.717, 1.165) is 37.1 Å². The Morgan fingerprint density at radius 3 is 2.39 bits per heavy atom. The molecule has 0 bridgehead atoms. The summed E-state index contributed by atoms with van der Waals surface area (Å²) in [6.45, 7) is 7.48. The van der Waals surface area contributed by atoms with Crippen LogP contribution in [0.4, 0.5) is 0 Å². The highest BCUT2D eigenvalue weighted by atomic mass is 16.2. The van der Waals surface area contributed by atoms with Gasteiger partial charge in [0.15, 0.2) is 0 Å². The minimum absolute atomic E-state index is 0.0545. The molecule has 0 atom stereocenters. The molecule has 4 nitrogen and oxygen atoms in total. The monoisotopic (exact) mass is 316 g/mol. The van der Waals surface area contributed by atoms with E-state index in [0.29, 0.717) is 6.54 Å². The zero-order chi connectivity index (χ0) is 16.9. The summed E-state index contributed by atoms with van der Waals surface area (Å²) in [4.78, 5) is 27.1. The lowest BCUT2D eigenvalue weighted by atomic mass is 9.90. The van der Waals surface area contributed by atoms with Crippen molar-refractivity contribution in [3.63, 3.8) is 0 Å². The SMILES string of the molecule is Cc1cccc(CNC(=O)C(C)(C)C(=O)N2CCCCCC2)c1. The van der Waals surface area contributed by atoms with E-state index >= 15 is 0 Å². The van der Waals surface area contributed by atoms with Gasteiger partial charge in [-0.2, -0.15) is 0 Å². The van der Waals surface area contributed by atoms with Crippen molar-refractivity contribution >= 4 is 11.8 Å². The number of benzene rings is 1. The average Bonchev–Trinajstić information content (AvgIpc) is 2.81. The molecular formula is C19H28N2O2. The Kier molecular flexibility index (Phi) is 5.80.